The number of pyridine rings is 1. The second kappa shape index (κ2) is 4.91. The first-order valence-corrected chi connectivity index (χ1v) is 5.54. The Hall–Kier alpha value is -2.30. The van der Waals surface area contributed by atoms with Crippen molar-refractivity contribution in [1.29, 1.82) is 0 Å². The van der Waals surface area contributed by atoms with Gasteiger partial charge in [-0.2, -0.15) is 0 Å². The Morgan fingerprint density at radius 2 is 2.17 bits per heavy atom. The van der Waals surface area contributed by atoms with E-state index in [2.05, 4.69) is 4.98 Å². The van der Waals surface area contributed by atoms with E-state index in [4.69, 9.17) is 9.47 Å². The Balaban J connectivity index is 2.65. The maximum Gasteiger partial charge on any atom is 0.343 e. The van der Waals surface area contributed by atoms with Crippen LogP contribution in [0.5, 0.6) is 5.75 Å². The number of fused-ring (bicyclic) bond motifs is 1. The molecule has 1 N–H and O–H groups in total. The van der Waals surface area contributed by atoms with E-state index >= 15 is 0 Å². The highest BCUT2D eigenvalue weighted by atomic mass is 16.5. The zero-order valence-corrected chi connectivity index (χ0v) is 10.1. The lowest BCUT2D eigenvalue weighted by Gasteiger charge is -2.06. The third-order valence-electron chi connectivity index (χ3n) is 2.59. The zero-order chi connectivity index (χ0) is 13.1. The summed E-state index contributed by atoms with van der Waals surface area (Å²) >= 11 is 0. The van der Waals surface area contributed by atoms with Crippen LogP contribution in [-0.2, 0) is 4.74 Å². The normalized spacial score (nSPS) is 10.3. The molecule has 94 valence electrons. The van der Waals surface area contributed by atoms with Crippen LogP contribution < -0.4 is 10.2 Å². The summed E-state index contributed by atoms with van der Waals surface area (Å²) in [6.45, 7) is 1.92. The van der Waals surface area contributed by atoms with E-state index in [1.807, 2.05) is 0 Å². The van der Waals surface area contributed by atoms with Crippen LogP contribution in [0.15, 0.2) is 29.2 Å². The molecule has 18 heavy (non-hydrogen) atoms. The fraction of sp³-hybridized carbons (Fsp3) is 0.231. The van der Waals surface area contributed by atoms with Gasteiger partial charge in [-0.3, -0.25) is 4.79 Å². The SMILES string of the molecule is CCOC(=O)c1c[nH]c2c(OC)cccc2c1=O. The number of ether oxygens (including phenoxy) is 2. The number of esters is 1. The molecular formula is C13H13NO4. The molecule has 0 aliphatic carbocycles. The fourth-order valence-corrected chi connectivity index (χ4v) is 1.75. The number of rotatable bonds is 3. The predicted molar refractivity (Wildman–Crippen MR) is 67.1 cm³/mol. The molecule has 0 fully saturated rings. The number of aromatic nitrogens is 1. The summed E-state index contributed by atoms with van der Waals surface area (Å²) in [7, 11) is 1.52. The molecule has 1 aromatic carbocycles. The second-order valence-electron chi connectivity index (χ2n) is 3.63. The van der Waals surface area contributed by atoms with Crippen LogP contribution in [-0.4, -0.2) is 24.7 Å². The van der Waals surface area contributed by atoms with Crippen molar-refractivity contribution >= 4 is 16.9 Å². The minimum Gasteiger partial charge on any atom is -0.495 e. The van der Waals surface area contributed by atoms with Crippen molar-refractivity contribution in [3.63, 3.8) is 0 Å². The number of nitrogens with one attached hydrogen (secondary N) is 1. The highest BCUT2D eigenvalue weighted by molar-refractivity contribution is 5.94. The van der Waals surface area contributed by atoms with E-state index in [0.29, 0.717) is 16.7 Å². The quantitative estimate of drug-likeness (QED) is 0.838. The summed E-state index contributed by atoms with van der Waals surface area (Å²) in [5.41, 5.74) is 0.205. The molecule has 0 atom stereocenters. The maximum atomic E-state index is 12.1. The van der Waals surface area contributed by atoms with Gasteiger partial charge < -0.3 is 14.5 Å². The molecule has 0 radical (unpaired) electrons. The average molecular weight is 247 g/mol. The van der Waals surface area contributed by atoms with Gasteiger partial charge in [-0.25, -0.2) is 4.79 Å². The summed E-state index contributed by atoms with van der Waals surface area (Å²) in [6, 6.07) is 5.08. The van der Waals surface area contributed by atoms with Crippen molar-refractivity contribution in [2.75, 3.05) is 13.7 Å². The van der Waals surface area contributed by atoms with Gasteiger partial charge in [0.05, 0.1) is 24.6 Å². The van der Waals surface area contributed by atoms with Crippen molar-refractivity contribution in [2.24, 2.45) is 0 Å². The van der Waals surface area contributed by atoms with Crippen molar-refractivity contribution in [3.05, 3.63) is 40.2 Å². The molecule has 0 saturated heterocycles. The highest BCUT2D eigenvalue weighted by Crippen LogP contribution is 2.20. The lowest BCUT2D eigenvalue weighted by molar-refractivity contribution is 0.0524. The van der Waals surface area contributed by atoms with Gasteiger partial charge in [0.2, 0.25) is 5.43 Å². The van der Waals surface area contributed by atoms with Crippen LogP contribution in [0.2, 0.25) is 0 Å². The number of methoxy groups -OCH3 is 1. The van der Waals surface area contributed by atoms with E-state index < -0.39 is 5.97 Å². The maximum absolute atomic E-state index is 12.1. The molecule has 5 nitrogen and oxygen atoms in total. The van der Waals surface area contributed by atoms with E-state index in [-0.39, 0.29) is 17.6 Å². The number of carbonyl (C=O) groups excluding carboxylic acids is 1. The first kappa shape index (κ1) is 12.2. The van der Waals surface area contributed by atoms with Gasteiger partial charge in [-0.15, -0.1) is 0 Å². The second-order valence-corrected chi connectivity index (χ2v) is 3.63. The number of hydrogen-bond acceptors (Lipinski definition) is 4. The standard InChI is InChI=1S/C13H13NO4/c1-3-18-13(16)9-7-14-11-8(12(9)15)5-4-6-10(11)17-2/h4-7H,3H2,1-2H3,(H,14,15). The lowest BCUT2D eigenvalue weighted by Crippen LogP contribution is -2.18. The number of hydrogen-bond donors (Lipinski definition) is 1. The zero-order valence-electron chi connectivity index (χ0n) is 10.1. The van der Waals surface area contributed by atoms with Gasteiger partial charge in [0, 0.05) is 6.20 Å². The molecule has 1 aromatic heterocycles. The topological polar surface area (TPSA) is 68.4 Å². The van der Waals surface area contributed by atoms with Crippen molar-refractivity contribution < 1.29 is 14.3 Å². The summed E-state index contributed by atoms with van der Waals surface area (Å²) in [5.74, 6) is -0.0662. The van der Waals surface area contributed by atoms with Gasteiger partial charge in [0.1, 0.15) is 11.3 Å². The molecule has 2 aromatic rings. The van der Waals surface area contributed by atoms with Crippen LogP contribution >= 0.6 is 0 Å². The van der Waals surface area contributed by atoms with Gasteiger partial charge in [-0.1, -0.05) is 6.07 Å². The molecule has 0 aliphatic rings. The van der Waals surface area contributed by atoms with Crippen LogP contribution in [0.25, 0.3) is 10.9 Å². The first-order valence-electron chi connectivity index (χ1n) is 5.54. The fourth-order valence-electron chi connectivity index (χ4n) is 1.75. The van der Waals surface area contributed by atoms with Crippen LogP contribution in [0, 0.1) is 0 Å². The molecule has 2 rings (SSSR count). The monoisotopic (exact) mass is 247 g/mol. The summed E-state index contributed by atoms with van der Waals surface area (Å²) in [5, 5.41) is 0.403. The first-order chi connectivity index (χ1) is 8.69. The Kier molecular flexibility index (Phi) is 3.32. The van der Waals surface area contributed by atoms with Crippen molar-refractivity contribution in [1.82, 2.24) is 4.98 Å². The van der Waals surface area contributed by atoms with Crippen molar-refractivity contribution in [2.45, 2.75) is 6.92 Å². The molecule has 0 amide bonds. The molecule has 0 spiro atoms. The van der Waals surface area contributed by atoms with E-state index in [1.165, 1.54) is 13.3 Å². The molecule has 5 heteroatoms. The Labute approximate surface area is 103 Å². The Bertz CT molecular complexity index is 645. The van der Waals surface area contributed by atoms with Crippen molar-refractivity contribution in [3.8, 4) is 5.75 Å². The smallest absolute Gasteiger partial charge is 0.343 e. The van der Waals surface area contributed by atoms with Gasteiger partial charge in [0.25, 0.3) is 0 Å². The highest BCUT2D eigenvalue weighted by Gasteiger charge is 2.15. The van der Waals surface area contributed by atoms with Gasteiger partial charge in [0.15, 0.2) is 0 Å². The predicted octanol–water partition coefficient (Wildman–Crippen LogP) is 1.71. The van der Waals surface area contributed by atoms with E-state index in [9.17, 15) is 9.59 Å². The number of aromatic amines is 1. The van der Waals surface area contributed by atoms with Crippen LogP contribution in [0.3, 0.4) is 0 Å². The largest absolute Gasteiger partial charge is 0.495 e. The lowest BCUT2D eigenvalue weighted by atomic mass is 10.1. The van der Waals surface area contributed by atoms with E-state index in [0.717, 1.165) is 0 Å². The Morgan fingerprint density at radius 1 is 1.39 bits per heavy atom. The minimum atomic E-state index is -0.622. The number of H-pyrrole nitrogens is 1. The number of para-hydroxylation sites is 1. The molecule has 0 unspecified atom stereocenters. The number of carbonyl (C=O) groups is 1. The minimum absolute atomic E-state index is 0.00222. The summed E-state index contributed by atoms with van der Waals surface area (Å²) in [4.78, 5) is 26.6. The molecule has 0 aliphatic heterocycles. The van der Waals surface area contributed by atoms with Crippen LogP contribution in [0.4, 0.5) is 0 Å². The number of benzene rings is 1. The molecule has 1 heterocycles. The molecule has 0 bridgehead atoms. The van der Waals surface area contributed by atoms with Crippen LogP contribution in [0.1, 0.15) is 17.3 Å². The van der Waals surface area contributed by atoms with Gasteiger partial charge >= 0.3 is 5.97 Å². The molecule has 0 saturated carbocycles. The summed E-state index contributed by atoms with van der Waals surface area (Å²) < 4.78 is 9.97. The van der Waals surface area contributed by atoms with Gasteiger partial charge in [-0.05, 0) is 19.1 Å². The third-order valence-corrected chi connectivity index (χ3v) is 2.59. The average Bonchev–Trinajstić information content (AvgIpc) is 2.39. The Morgan fingerprint density at radius 3 is 2.83 bits per heavy atom. The summed E-state index contributed by atoms with van der Waals surface area (Å²) in [6.07, 6.45) is 1.35. The third kappa shape index (κ3) is 1.95. The molecular weight excluding hydrogens is 234 g/mol. The van der Waals surface area contributed by atoms with E-state index in [1.54, 1.807) is 25.1 Å².